The molecule has 0 radical (unpaired) electrons. The van der Waals surface area contributed by atoms with Crippen LogP contribution in [0.15, 0.2) is 70.8 Å². The van der Waals surface area contributed by atoms with Crippen LogP contribution < -0.4 is 4.90 Å². The summed E-state index contributed by atoms with van der Waals surface area (Å²) in [6, 6.07) is 11.4. The minimum absolute atomic E-state index is 0.194. The normalized spacial score (nSPS) is 17.9. The highest BCUT2D eigenvalue weighted by Gasteiger charge is 2.39. The van der Waals surface area contributed by atoms with E-state index < -0.39 is 5.97 Å². The van der Waals surface area contributed by atoms with Crippen molar-refractivity contribution >= 4 is 34.5 Å². The number of halogens is 1. The molecule has 0 fully saturated rings. The van der Waals surface area contributed by atoms with Crippen molar-refractivity contribution in [2.24, 2.45) is 4.99 Å². The molecule has 0 saturated heterocycles. The highest BCUT2D eigenvalue weighted by atomic mass is 35.5. The van der Waals surface area contributed by atoms with E-state index in [-0.39, 0.29) is 11.0 Å². The Bertz CT molecular complexity index is 1230. The monoisotopic (exact) mass is 432 g/mol. The predicted octanol–water partition coefficient (Wildman–Crippen LogP) is 5.76. The summed E-state index contributed by atoms with van der Waals surface area (Å²) in [5.74, 6) is -0.997. The van der Waals surface area contributed by atoms with Crippen LogP contribution in [-0.2, 0) is 5.41 Å². The molecule has 158 valence electrons. The minimum atomic E-state index is -0.997. The first kappa shape index (κ1) is 21.1. The number of aromatic carboxylic acids is 1. The van der Waals surface area contributed by atoms with Gasteiger partial charge in [0, 0.05) is 42.8 Å². The molecule has 0 spiro atoms. The van der Waals surface area contributed by atoms with Gasteiger partial charge in [-0.2, -0.15) is 0 Å². The highest BCUT2D eigenvalue weighted by Crippen LogP contribution is 2.51. The van der Waals surface area contributed by atoms with Crippen molar-refractivity contribution in [1.82, 2.24) is 0 Å². The van der Waals surface area contributed by atoms with Crippen molar-refractivity contribution < 1.29 is 9.90 Å². The topological polar surface area (TPSA) is 52.9 Å². The van der Waals surface area contributed by atoms with E-state index in [1.165, 1.54) is 0 Å². The second-order valence-corrected chi connectivity index (χ2v) is 8.95. The Morgan fingerprint density at radius 1 is 1.13 bits per heavy atom. The third-order valence-corrected chi connectivity index (χ3v) is 6.48. The number of fused-ring (bicyclic) bond motifs is 2. The molecule has 0 atom stereocenters. The maximum Gasteiger partial charge on any atom is 0.336 e. The quantitative estimate of drug-likeness (QED) is 0.670. The van der Waals surface area contributed by atoms with Gasteiger partial charge in [0.1, 0.15) is 0 Å². The van der Waals surface area contributed by atoms with Crippen LogP contribution in [0.2, 0.25) is 5.02 Å². The Labute approximate surface area is 187 Å². The summed E-state index contributed by atoms with van der Waals surface area (Å²) < 4.78 is 0. The van der Waals surface area contributed by atoms with Gasteiger partial charge in [-0.15, -0.1) is 0 Å². The number of carboxylic acids is 1. The molecule has 2 aromatic rings. The van der Waals surface area contributed by atoms with Crippen molar-refractivity contribution in [2.45, 2.75) is 19.3 Å². The van der Waals surface area contributed by atoms with Gasteiger partial charge in [-0.05, 0) is 64.3 Å². The van der Waals surface area contributed by atoms with Gasteiger partial charge in [0.05, 0.1) is 11.3 Å². The lowest BCUT2D eigenvalue weighted by atomic mass is 9.64. The van der Waals surface area contributed by atoms with Crippen LogP contribution in [0.4, 0.5) is 5.69 Å². The zero-order valence-electron chi connectivity index (χ0n) is 18.3. The summed E-state index contributed by atoms with van der Waals surface area (Å²) in [4.78, 5) is 18.6. The standard InChI is InChI=1S/C26H25ClN2O2/c1-26(2)20-13-15(28-3)9-11-17(20)23(18-12-10-16(29(4)5)14-21(18)26)24-19(25(30)31)7-6-8-22(24)27/h6-14H,1-5H3,(H,30,31). The molecule has 0 aromatic heterocycles. The average molecular weight is 433 g/mol. The molecule has 2 aliphatic rings. The number of allylic oxidation sites excluding steroid dienone is 5. The van der Waals surface area contributed by atoms with Gasteiger partial charge in [0.2, 0.25) is 0 Å². The Hall–Kier alpha value is -3.11. The van der Waals surface area contributed by atoms with Gasteiger partial charge in [0.25, 0.3) is 0 Å². The van der Waals surface area contributed by atoms with Gasteiger partial charge in [0.15, 0.2) is 0 Å². The molecule has 2 aliphatic carbocycles. The van der Waals surface area contributed by atoms with E-state index in [9.17, 15) is 9.90 Å². The number of benzene rings is 2. The first-order valence-electron chi connectivity index (χ1n) is 10.1. The number of hydrogen-bond acceptors (Lipinski definition) is 3. The number of hydrogen-bond donors (Lipinski definition) is 1. The zero-order valence-corrected chi connectivity index (χ0v) is 19.1. The van der Waals surface area contributed by atoms with E-state index in [0.29, 0.717) is 10.6 Å². The molecule has 31 heavy (non-hydrogen) atoms. The van der Waals surface area contributed by atoms with Gasteiger partial charge in [-0.25, -0.2) is 4.79 Å². The lowest BCUT2D eigenvalue weighted by Crippen LogP contribution is -2.30. The third kappa shape index (κ3) is 3.31. The minimum Gasteiger partial charge on any atom is -0.478 e. The first-order valence-corrected chi connectivity index (χ1v) is 10.5. The molecule has 4 rings (SSSR count). The molecule has 0 heterocycles. The van der Waals surface area contributed by atoms with Crippen molar-refractivity contribution in [3.63, 3.8) is 0 Å². The van der Waals surface area contributed by atoms with Crippen molar-refractivity contribution in [3.8, 4) is 0 Å². The SMILES string of the molecule is CN=C1C=CC2=C(c3c(Cl)cccc3C(=O)O)c3ccc(N(C)C)cc3C(C)(C)C2=C1. The number of nitrogens with zero attached hydrogens (tertiary/aromatic N) is 2. The second-order valence-electron chi connectivity index (χ2n) is 8.55. The van der Waals surface area contributed by atoms with E-state index in [4.69, 9.17) is 11.6 Å². The largest absolute Gasteiger partial charge is 0.478 e. The van der Waals surface area contributed by atoms with Gasteiger partial charge in [-0.3, -0.25) is 4.99 Å². The fourth-order valence-electron chi connectivity index (χ4n) is 4.47. The van der Waals surface area contributed by atoms with Crippen LogP contribution in [0.1, 0.15) is 40.9 Å². The molecule has 1 N–H and O–H groups in total. The number of carboxylic acid groups (broad SMARTS) is 1. The lowest BCUT2D eigenvalue weighted by Gasteiger charge is -2.40. The van der Waals surface area contributed by atoms with Crippen LogP contribution >= 0.6 is 11.6 Å². The second kappa shape index (κ2) is 7.54. The summed E-state index contributed by atoms with van der Waals surface area (Å²) in [6.07, 6.45) is 6.09. The van der Waals surface area contributed by atoms with E-state index in [0.717, 1.165) is 39.2 Å². The summed E-state index contributed by atoms with van der Waals surface area (Å²) in [6.45, 7) is 4.40. The van der Waals surface area contributed by atoms with Crippen molar-refractivity contribution in [3.05, 3.63) is 93.0 Å². The fourth-order valence-corrected chi connectivity index (χ4v) is 4.74. The van der Waals surface area contributed by atoms with Crippen LogP contribution in [0.3, 0.4) is 0 Å². The van der Waals surface area contributed by atoms with Crippen LogP contribution in [-0.4, -0.2) is 37.9 Å². The van der Waals surface area contributed by atoms with Gasteiger partial charge in [-0.1, -0.05) is 43.7 Å². The summed E-state index contributed by atoms with van der Waals surface area (Å²) in [5, 5.41) is 10.3. The summed E-state index contributed by atoms with van der Waals surface area (Å²) in [7, 11) is 5.80. The molecule has 2 aromatic carbocycles. The zero-order chi connectivity index (χ0) is 22.5. The van der Waals surface area contributed by atoms with E-state index in [1.54, 1.807) is 25.2 Å². The fraction of sp³-hybridized carbons (Fsp3) is 0.231. The smallest absolute Gasteiger partial charge is 0.336 e. The van der Waals surface area contributed by atoms with E-state index in [1.807, 2.05) is 26.2 Å². The van der Waals surface area contributed by atoms with Crippen molar-refractivity contribution in [1.29, 1.82) is 0 Å². The molecule has 0 unspecified atom stereocenters. The molecular weight excluding hydrogens is 408 g/mol. The predicted molar refractivity (Wildman–Crippen MR) is 129 cm³/mol. The van der Waals surface area contributed by atoms with Gasteiger partial charge < -0.3 is 10.0 Å². The van der Waals surface area contributed by atoms with Crippen molar-refractivity contribution in [2.75, 3.05) is 26.0 Å². The molecule has 0 amide bonds. The molecule has 4 nitrogen and oxygen atoms in total. The summed E-state index contributed by atoms with van der Waals surface area (Å²) >= 11 is 6.64. The van der Waals surface area contributed by atoms with E-state index >= 15 is 0 Å². The first-order chi connectivity index (χ1) is 14.7. The molecule has 0 saturated carbocycles. The average Bonchev–Trinajstić information content (AvgIpc) is 2.74. The van der Waals surface area contributed by atoms with Gasteiger partial charge >= 0.3 is 5.97 Å². The lowest BCUT2D eigenvalue weighted by molar-refractivity contribution is 0.0696. The Kier molecular flexibility index (Phi) is 5.14. The maximum atomic E-state index is 12.1. The number of rotatable bonds is 3. The third-order valence-electron chi connectivity index (χ3n) is 6.16. The summed E-state index contributed by atoms with van der Waals surface area (Å²) in [5.41, 5.74) is 7.48. The van der Waals surface area contributed by atoms with Crippen LogP contribution in [0.5, 0.6) is 0 Å². The molecule has 0 aliphatic heterocycles. The number of aliphatic imine (C=N–C) groups is 1. The number of carbonyl (C=O) groups is 1. The number of anilines is 1. The van der Waals surface area contributed by atoms with E-state index in [2.05, 4.69) is 48.0 Å². The highest BCUT2D eigenvalue weighted by molar-refractivity contribution is 6.33. The Morgan fingerprint density at radius 2 is 1.87 bits per heavy atom. The molecule has 5 heteroatoms. The maximum absolute atomic E-state index is 12.1. The molecular formula is C26H25ClN2O2. The molecule has 0 bridgehead atoms. The Balaban J connectivity index is 2.16. The Morgan fingerprint density at radius 3 is 2.52 bits per heavy atom. The van der Waals surface area contributed by atoms with Crippen LogP contribution in [0, 0.1) is 0 Å². The van der Waals surface area contributed by atoms with Crippen LogP contribution in [0.25, 0.3) is 5.57 Å².